The molecule has 3 nitrogen and oxygen atoms in total. The van der Waals surface area contributed by atoms with Gasteiger partial charge in [-0.15, -0.1) is 0 Å². The summed E-state index contributed by atoms with van der Waals surface area (Å²) in [6.07, 6.45) is 11.1. The molecule has 1 unspecified atom stereocenters. The molecular formula is C33H36O3. The molecule has 3 aromatic rings. The van der Waals surface area contributed by atoms with Crippen molar-refractivity contribution >= 4 is 5.97 Å². The molecule has 1 heterocycles. The van der Waals surface area contributed by atoms with Crippen LogP contribution in [0.25, 0.3) is 11.1 Å². The van der Waals surface area contributed by atoms with E-state index < -0.39 is 0 Å². The Morgan fingerprint density at radius 3 is 2.33 bits per heavy atom. The number of esters is 1. The van der Waals surface area contributed by atoms with Crippen LogP contribution in [-0.2, 0) is 15.9 Å². The summed E-state index contributed by atoms with van der Waals surface area (Å²) in [6, 6.07) is 28.6. The van der Waals surface area contributed by atoms with Gasteiger partial charge in [0, 0.05) is 12.3 Å². The Morgan fingerprint density at radius 2 is 1.61 bits per heavy atom. The first kappa shape index (κ1) is 24.5. The van der Waals surface area contributed by atoms with Crippen LogP contribution in [0.2, 0.25) is 0 Å². The average molecular weight is 481 g/mol. The van der Waals surface area contributed by atoms with Crippen LogP contribution in [0.15, 0.2) is 97.1 Å². The molecule has 1 saturated heterocycles. The molecule has 2 fully saturated rings. The summed E-state index contributed by atoms with van der Waals surface area (Å²) in [7, 11) is 0. The zero-order chi connectivity index (χ0) is 24.7. The lowest BCUT2D eigenvalue weighted by molar-refractivity contribution is 0.00588. The largest absolute Gasteiger partial charge is 0.458 e. The maximum atomic E-state index is 13.1. The lowest BCUT2D eigenvalue weighted by atomic mass is 9.89. The Bertz CT molecular complexity index is 1140. The number of rotatable bonds is 9. The number of allylic oxidation sites excluding steroid dienone is 1. The lowest BCUT2D eigenvalue weighted by Gasteiger charge is -2.22. The second-order valence-corrected chi connectivity index (χ2v) is 10.1. The van der Waals surface area contributed by atoms with E-state index in [0.717, 1.165) is 49.7 Å². The molecule has 1 aliphatic carbocycles. The smallest absolute Gasteiger partial charge is 0.338 e. The number of ether oxygens (including phenoxy) is 2. The SMILES string of the molecule is CCC1C[C@@H]2[C@@H](/C=C/CCCc3ccccc3)[C@H](OC(=O)c3ccc(-c4ccccc4)cc3)C[C@@H]2O1. The van der Waals surface area contributed by atoms with Gasteiger partial charge in [-0.1, -0.05) is 91.9 Å². The van der Waals surface area contributed by atoms with Gasteiger partial charge in [0.15, 0.2) is 0 Å². The summed E-state index contributed by atoms with van der Waals surface area (Å²) in [5, 5.41) is 0. The fraction of sp³-hybridized carbons (Fsp3) is 0.364. The number of carbonyl (C=O) groups is 1. The minimum absolute atomic E-state index is 0.135. The van der Waals surface area contributed by atoms with E-state index >= 15 is 0 Å². The van der Waals surface area contributed by atoms with Crippen LogP contribution in [0.3, 0.4) is 0 Å². The van der Waals surface area contributed by atoms with E-state index in [1.54, 1.807) is 0 Å². The van der Waals surface area contributed by atoms with Crippen LogP contribution < -0.4 is 0 Å². The fourth-order valence-electron chi connectivity index (χ4n) is 5.77. The molecular weight excluding hydrogens is 444 g/mol. The molecule has 1 aliphatic heterocycles. The Labute approximate surface area is 215 Å². The minimum Gasteiger partial charge on any atom is -0.458 e. The molecule has 3 aromatic carbocycles. The molecule has 0 radical (unpaired) electrons. The van der Waals surface area contributed by atoms with Gasteiger partial charge in [0.25, 0.3) is 0 Å². The first-order chi connectivity index (χ1) is 17.7. The summed E-state index contributed by atoms with van der Waals surface area (Å²) in [5.41, 5.74) is 4.22. The second-order valence-electron chi connectivity index (χ2n) is 10.1. The van der Waals surface area contributed by atoms with E-state index in [-0.39, 0.29) is 24.1 Å². The third-order valence-electron chi connectivity index (χ3n) is 7.75. The maximum Gasteiger partial charge on any atom is 0.338 e. The van der Waals surface area contributed by atoms with Gasteiger partial charge in [0.2, 0.25) is 0 Å². The number of aryl methyl sites for hydroxylation is 1. The first-order valence-electron chi connectivity index (χ1n) is 13.4. The summed E-state index contributed by atoms with van der Waals surface area (Å²) in [5.74, 6) is 0.406. The highest BCUT2D eigenvalue weighted by Gasteiger charge is 2.49. The summed E-state index contributed by atoms with van der Waals surface area (Å²) >= 11 is 0. The van der Waals surface area contributed by atoms with Gasteiger partial charge in [0.05, 0.1) is 17.8 Å². The first-order valence-corrected chi connectivity index (χ1v) is 13.4. The Morgan fingerprint density at radius 1 is 0.917 bits per heavy atom. The Kier molecular flexibility index (Phi) is 7.98. The van der Waals surface area contributed by atoms with Crippen LogP contribution in [0.1, 0.15) is 54.9 Å². The monoisotopic (exact) mass is 480 g/mol. The van der Waals surface area contributed by atoms with Crippen molar-refractivity contribution in [3.63, 3.8) is 0 Å². The summed E-state index contributed by atoms with van der Waals surface area (Å²) in [6.45, 7) is 2.19. The topological polar surface area (TPSA) is 35.5 Å². The molecule has 0 spiro atoms. The highest BCUT2D eigenvalue weighted by atomic mass is 16.6. The van der Waals surface area contributed by atoms with Crippen molar-refractivity contribution in [2.45, 2.75) is 63.8 Å². The van der Waals surface area contributed by atoms with Gasteiger partial charge in [-0.05, 0) is 66.8 Å². The van der Waals surface area contributed by atoms with Gasteiger partial charge in [0.1, 0.15) is 6.10 Å². The van der Waals surface area contributed by atoms with Gasteiger partial charge in [-0.25, -0.2) is 4.79 Å². The zero-order valence-electron chi connectivity index (χ0n) is 21.1. The van der Waals surface area contributed by atoms with Crippen LogP contribution in [0.4, 0.5) is 0 Å². The average Bonchev–Trinajstić information content (AvgIpc) is 3.47. The molecule has 186 valence electrons. The second kappa shape index (κ2) is 11.7. The van der Waals surface area contributed by atoms with E-state index in [1.165, 1.54) is 5.56 Å². The highest BCUT2D eigenvalue weighted by molar-refractivity contribution is 5.90. The maximum absolute atomic E-state index is 13.1. The standard InChI is InChI=1S/C33H36O3/c1-2-28-22-30-29(17-11-4-8-14-24-12-6-3-7-13-24)31(23-32(30)35-28)36-33(34)27-20-18-26(19-21-27)25-15-9-5-10-16-25/h3,5-7,9-13,15-21,28-32H,2,4,8,14,22-23H2,1H3/b17-11+/t28?,29-,30-,31-,32+/m1/s1. The van der Waals surface area contributed by atoms with Crippen LogP contribution >= 0.6 is 0 Å². The van der Waals surface area contributed by atoms with Crippen molar-refractivity contribution in [1.29, 1.82) is 0 Å². The van der Waals surface area contributed by atoms with Crippen molar-refractivity contribution in [1.82, 2.24) is 0 Å². The number of hydrogen-bond donors (Lipinski definition) is 0. The molecule has 3 heteroatoms. The van der Waals surface area contributed by atoms with Gasteiger partial charge < -0.3 is 9.47 Å². The van der Waals surface area contributed by atoms with Crippen LogP contribution in [0, 0.1) is 11.8 Å². The molecule has 1 saturated carbocycles. The van der Waals surface area contributed by atoms with Crippen molar-refractivity contribution in [2.24, 2.45) is 11.8 Å². The molecule has 5 atom stereocenters. The highest BCUT2D eigenvalue weighted by Crippen LogP contribution is 2.46. The summed E-state index contributed by atoms with van der Waals surface area (Å²) < 4.78 is 12.4. The van der Waals surface area contributed by atoms with Gasteiger partial charge in [-0.3, -0.25) is 0 Å². The van der Waals surface area contributed by atoms with Crippen molar-refractivity contribution in [2.75, 3.05) is 0 Å². The lowest BCUT2D eigenvalue weighted by Crippen LogP contribution is -2.25. The van der Waals surface area contributed by atoms with E-state index in [1.807, 2.05) is 42.5 Å². The number of carbonyl (C=O) groups excluding carboxylic acids is 1. The van der Waals surface area contributed by atoms with Crippen molar-refractivity contribution in [3.8, 4) is 11.1 Å². The zero-order valence-corrected chi connectivity index (χ0v) is 21.1. The molecule has 0 N–H and O–H groups in total. The van der Waals surface area contributed by atoms with Crippen molar-refractivity contribution < 1.29 is 14.3 Å². The molecule has 0 amide bonds. The quantitative estimate of drug-likeness (QED) is 0.179. The molecule has 0 bridgehead atoms. The predicted octanol–water partition coefficient (Wildman–Crippen LogP) is 7.66. The molecule has 36 heavy (non-hydrogen) atoms. The predicted molar refractivity (Wildman–Crippen MR) is 145 cm³/mol. The number of fused-ring (bicyclic) bond motifs is 1. The van der Waals surface area contributed by atoms with E-state index in [9.17, 15) is 4.79 Å². The fourth-order valence-corrected chi connectivity index (χ4v) is 5.77. The minimum atomic E-state index is -0.242. The number of unbranched alkanes of at least 4 members (excludes halogenated alkanes) is 1. The Balaban J connectivity index is 1.22. The van der Waals surface area contributed by atoms with Crippen LogP contribution in [0.5, 0.6) is 0 Å². The Hall–Kier alpha value is -3.17. The summed E-state index contributed by atoms with van der Waals surface area (Å²) in [4.78, 5) is 13.1. The molecule has 2 aliphatic rings. The van der Waals surface area contributed by atoms with E-state index in [4.69, 9.17) is 9.47 Å². The van der Waals surface area contributed by atoms with Gasteiger partial charge >= 0.3 is 5.97 Å². The normalized spacial score (nSPS) is 25.2. The van der Waals surface area contributed by atoms with E-state index in [0.29, 0.717) is 17.6 Å². The number of benzene rings is 3. The van der Waals surface area contributed by atoms with E-state index in [2.05, 4.69) is 61.5 Å². The van der Waals surface area contributed by atoms with Crippen LogP contribution in [-0.4, -0.2) is 24.3 Å². The molecule has 0 aromatic heterocycles. The third-order valence-corrected chi connectivity index (χ3v) is 7.75. The third kappa shape index (κ3) is 5.79. The number of hydrogen-bond acceptors (Lipinski definition) is 3. The molecule has 5 rings (SSSR count). The van der Waals surface area contributed by atoms with Gasteiger partial charge in [-0.2, -0.15) is 0 Å². The van der Waals surface area contributed by atoms with Crippen molar-refractivity contribution in [3.05, 3.63) is 108 Å².